The van der Waals surface area contributed by atoms with Gasteiger partial charge in [-0.05, 0) is 47.7 Å². The Morgan fingerprint density at radius 3 is 2.57 bits per heavy atom. The first-order valence-corrected chi connectivity index (χ1v) is 7.99. The van der Waals surface area contributed by atoms with E-state index in [4.69, 9.17) is 16.3 Å². The highest BCUT2D eigenvalue weighted by molar-refractivity contribution is 6.30. The van der Waals surface area contributed by atoms with Crippen LogP contribution in [0.5, 0.6) is 5.75 Å². The van der Waals surface area contributed by atoms with Gasteiger partial charge in [-0.15, -0.1) is 0 Å². The first-order chi connectivity index (χ1) is 10.9. The van der Waals surface area contributed by atoms with Gasteiger partial charge in [0.2, 0.25) is 0 Å². The van der Waals surface area contributed by atoms with Crippen molar-refractivity contribution in [1.29, 1.82) is 0 Å². The van der Waals surface area contributed by atoms with Gasteiger partial charge in [0.05, 0.1) is 0 Å². The summed E-state index contributed by atoms with van der Waals surface area (Å²) in [6.07, 6.45) is -0.680. The average Bonchev–Trinajstić information content (AvgIpc) is 2.50. The van der Waals surface area contributed by atoms with E-state index in [2.05, 4.69) is 13.8 Å². The second-order valence-corrected chi connectivity index (χ2v) is 6.35. The van der Waals surface area contributed by atoms with Gasteiger partial charge in [-0.2, -0.15) is 0 Å². The van der Waals surface area contributed by atoms with E-state index in [-0.39, 0.29) is 12.3 Å². The molecule has 2 rings (SSSR count). The number of para-hydroxylation sites is 1. The van der Waals surface area contributed by atoms with Crippen LogP contribution in [-0.2, 0) is 11.2 Å². The summed E-state index contributed by atoms with van der Waals surface area (Å²) in [5.41, 5.74) is 2.88. The Morgan fingerprint density at radius 1 is 1.22 bits per heavy atom. The molecule has 4 heteroatoms. The van der Waals surface area contributed by atoms with Gasteiger partial charge < -0.3 is 9.84 Å². The summed E-state index contributed by atoms with van der Waals surface area (Å²) in [4.78, 5) is 11.6. The van der Waals surface area contributed by atoms with E-state index in [0.717, 1.165) is 16.7 Å². The van der Waals surface area contributed by atoms with Gasteiger partial charge in [0.15, 0.2) is 6.10 Å². The minimum Gasteiger partial charge on any atom is -0.478 e. The highest BCUT2D eigenvalue weighted by Crippen LogP contribution is 2.28. The van der Waals surface area contributed by atoms with Crippen LogP contribution in [0.25, 0.3) is 0 Å². The molecule has 0 spiro atoms. The van der Waals surface area contributed by atoms with Crippen LogP contribution in [-0.4, -0.2) is 17.2 Å². The van der Waals surface area contributed by atoms with E-state index in [1.165, 1.54) is 0 Å². The quantitative estimate of drug-likeness (QED) is 0.822. The molecule has 0 bridgehead atoms. The third-order valence-electron chi connectivity index (χ3n) is 3.80. The van der Waals surface area contributed by atoms with Crippen LogP contribution in [0.4, 0.5) is 0 Å². The summed E-state index contributed by atoms with van der Waals surface area (Å²) in [6.45, 7) is 6.05. The monoisotopic (exact) mass is 332 g/mol. The van der Waals surface area contributed by atoms with Crippen LogP contribution in [0.1, 0.15) is 36.5 Å². The van der Waals surface area contributed by atoms with E-state index < -0.39 is 12.1 Å². The zero-order valence-electron chi connectivity index (χ0n) is 13.5. The molecule has 0 saturated carbocycles. The van der Waals surface area contributed by atoms with Crippen molar-refractivity contribution in [3.63, 3.8) is 0 Å². The number of halogens is 1. The van der Waals surface area contributed by atoms with Crippen LogP contribution in [0.2, 0.25) is 5.02 Å². The van der Waals surface area contributed by atoms with Crippen molar-refractivity contribution < 1.29 is 14.6 Å². The maximum atomic E-state index is 11.6. The van der Waals surface area contributed by atoms with Crippen molar-refractivity contribution in [3.8, 4) is 5.75 Å². The van der Waals surface area contributed by atoms with Crippen molar-refractivity contribution in [1.82, 2.24) is 0 Å². The molecule has 0 fully saturated rings. The number of hydrogen-bond acceptors (Lipinski definition) is 2. The lowest BCUT2D eigenvalue weighted by molar-refractivity contribution is -0.145. The third kappa shape index (κ3) is 4.49. The summed E-state index contributed by atoms with van der Waals surface area (Å²) in [5, 5.41) is 10.1. The summed E-state index contributed by atoms with van der Waals surface area (Å²) in [6, 6.07) is 13.0. The number of ether oxygens (including phenoxy) is 1. The lowest BCUT2D eigenvalue weighted by Gasteiger charge is -2.20. The van der Waals surface area contributed by atoms with Crippen molar-refractivity contribution >= 4 is 17.6 Å². The topological polar surface area (TPSA) is 46.5 Å². The fourth-order valence-corrected chi connectivity index (χ4v) is 2.65. The second kappa shape index (κ2) is 7.51. The van der Waals surface area contributed by atoms with E-state index in [0.29, 0.717) is 10.8 Å². The number of carbonyl (C=O) groups is 1. The minimum atomic E-state index is -0.983. The maximum absolute atomic E-state index is 11.6. The highest BCUT2D eigenvalue weighted by Gasteiger charge is 2.22. The third-order valence-corrected chi connectivity index (χ3v) is 4.04. The molecule has 3 nitrogen and oxygen atoms in total. The number of carboxylic acids is 1. The van der Waals surface area contributed by atoms with Crippen LogP contribution in [0.15, 0.2) is 42.5 Å². The highest BCUT2D eigenvalue weighted by atomic mass is 35.5. The standard InChI is InChI=1S/C19H21ClO3/c1-12(2)16-6-4-5-7-17(16)23-18(19(21)22)11-14-10-15(20)9-8-13(14)3/h4-10,12,18H,11H2,1-3H3,(H,21,22)/t18-/m1/s1. The molecule has 2 aromatic carbocycles. The largest absolute Gasteiger partial charge is 0.478 e. The molecule has 1 atom stereocenters. The second-order valence-electron chi connectivity index (χ2n) is 5.91. The zero-order chi connectivity index (χ0) is 17.0. The molecule has 23 heavy (non-hydrogen) atoms. The van der Waals surface area contributed by atoms with E-state index in [1.807, 2.05) is 37.3 Å². The predicted octanol–water partition coefficient (Wildman–Crippen LogP) is 4.85. The fraction of sp³-hybridized carbons (Fsp3) is 0.316. The summed E-state index contributed by atoms with van der Waals surface area (Å²) >= 11 is 6.02. The molecular weight excluding hydrogens is 312 g/mol. The first kappa shape index (κ1) is 17.4. The fourth-order valence-electron chi connectivity index (χ4n) is 2.46. The van der Waals surface area contributed by atoms with Crippen LogP contribution >= 0.6 is 11.6 Å². The number of hydrogen-bond donors (Lipinski definition) is 1. The van der Waals surface area contributed by atoms with Crippen molar-refractivity contribution in [3.05, 3.63) is 64.2 Å². The Morgan fingerprint density at radius 2 is 1.91 bits per heavy atom. The summed E-state index contributed by atoms with van der Waals surface area (Å²) < 4.78 is 5.82. The molecule has 1 N–H and O–H groups in total. The number of aliphatic carboxylic acids is 1. The van der Waals surface area contributed by atoms with E-state index in [1.54, 1.807) is 12.1 Å². The van der Waals surface area contributed by atoms with Gasteiger partial charge in [0.25, 0.3) is 0 Å². The molecule has 122 valence electrons. The van der Waals surface area contributed by atoms with Crippen LogP contribution < -0.4 is 4.74 Å². The Bertz CT molecular complexity index is 695. The maximum Gasteiger partial charge on any atom is 0.345 e. The molecule has 0 saturated heterocycles. The SMILES string of the molecule is Cc1ccc(Cl)cc1C[C@@H](Oc1ccccc1C(C)C)C(=O)O. The minimum absolute atomic E-state index is 0.258. The van der Waals surface area contributed by atoms with E-state index in [9.17, 15) is 9.90 Å². The molecule has 2 aromatic rings. The van der Waals surface area contributed by atoms with Gasteiger partial charge in [-0.25, -0.2) is 4.79 Å². The lowest BCUT2D eigenvalue weighted by atomic mass is 10.0. The molecular formula is C19H21ClO3. The smallest absolute Gasteiger partial charge is 0.345 e. The van der Waals surface area contributed by atoms with Crippen LogP contribution in [0.3, 0.4) is 0 Å². The van der Waals surface area contributed by atoms with Crippen molar-refractivity contribution in [2.75, 3.05) is 0 Å². The number of rotatable bonds is 6. The number of benzene rings is 2. The van der Waals surface area contributed by atoms with Crippen molar-refractivity contribution in [2.45, 2.75) is 39.2 Å². The summed E-state index contributed by atoms with van der Waals surface area (Å²) in [7, 11) is 0. The van der Waals surface area contributed by atoms with Crippen LogP contribution in [0, 0.1) is 6.92 Å². The van der Waals surface area contributed by atoms with E-state index >= 15 is 0 Å². The molecule has 0 amide bonds. The number of carboxylic acid groups (broad SMARTS) is 1. The Labute approximate surface area is 141 Å². The lowest BCUT2D eigenvalue weighted by Crippen LogP contribution is -2.30. The number of aryl methyl sites for hydroxylation is 1. The van der Waals surface area contributed by atoms with Gasteiger partial charge in [0, 0.05) is 11.4 Å². The molecule has 0 aliphatic rings. The van der Waals surface area contributed by atoms with Gasteiger partial charge in [0.1, 0.15) is 5.75 Å². The Hall–Kier alpha value is -2.00. The normalized spacial score (nSPS) is 12.2. The molecule has 0 unspecified atom stereocenters. The summed E-state index contributed by atoms with van der Waals surface area (Å²) in [5.74, 6) is -0.105. The van der Waals surface area contributed by atoms with Gasteiger partial charge in [-0.1, -0.05) is 49.7 Å². The molecule has 0 radical (unpaired) electrons. The molecule has 0 heterocycles. The zero-order valence-corrected chi connectivity index (χ0v) is 14.3. The average molecular weight is 333 g/mol. The predicted molar refractivity (Wildman–Crippen MR) is 92.5 cm³/mol. The Balaban J connectivity index is 2.27. The van der Waals surface area contributed by atoms with Crippen molar-refractivity contribution in [2.24, 2.45) is 0 Å². The molecule has 0 aromatic heterocycles. The molecule has 0 aliphatic heterocycles. The molecule has 0 aliphatic carbocycles. The van der Waals surface area contributed by atoms with Gasteiger partial charge >= 0.3 is 5.97 Å². The Kier molecular flexibility index (Phi) is 5.67. The van der Waals surface area contributed by atoms with Gasteiger partial charge in [-0.3, -0.25) is 0 Å². The first-order valence-electron chi connectivity index (χ1n) is 7.62.